The van der Waals surface area contributed by atoms with Gasteiger partial charge in [-0.25, -0.2) is 4.79 Å². The van der Waals surface area contributed by atoms with Gasteiger partial charge in [0, 0.05) is 22.9 Å². The Morgan fingerprint density at radius 3 is 2.24 bits per heavy atom. The van der Waals surface area contributed by atoms with Crippen LogP contribution in [0.25, 0.3) is 0 Å². The maximum absolute atomic E-state index is 12.6. The van der Waals surface area contributed by atoms with Crippen LogP contribution in [0.4, 0.5) is 0 Å². The summed E-state index contributed by atoms with van der Waals surface area (Å²) in [4.78, 5) is 36.2. The molecule has 9 heteroatoms. The highest BCUT2D eigenvalue weighted by Crippen LogP contribution is 2.28. The number of esters is 3. The molecule has 0 aliphatic carbocycles. The Kier molecular flexibility index (Phi) is 12.6. The molecule has 0 N–H and O–H groups in total. The van der Waals surface area contributed by atoms with Gasteiger partial charge >= 0.3 is 17.9 Å². The van der Waals surface area contributed by atoms with Gasteiger partial charge in [-0.05, 0) is 77.3 Å². The SMILES string of the molecule is CCOC(=O)CCCOc1cccc(COc2cc(Br)cc(C(=O)OC(C)(C)C)c2)c1CCC(=O)OCC. The molecule has 0 heterocycles. The van der Waals surface area contributed by atoms with Crippen molar-refractivity contribution in [3.8, 4) is 11.5 Å². The van der Waals surface area contributed by atoms with Crippen molar-refractivity contribution in [1.82, 2.24) is 0 Å². The zero-order valence-electron chi connectivity index (χ0n) is 22.8. The predicted octanol–water partition coefficient (Wildman–Crippen LogP) is 6.20. The number of hydrogen-bond donors (Lipinski definition) is 0. The Morgan fingerprint density at radius 2 is 1.58 bits per heavy atom. The lowest BCUT2D eigenvalue weighted by Gasteiger charge is -2.20. The fraction of sp³-hybridized carbons (Fsp3) is 0.483. The van der Waals surface area contributed by atoms with Crippen LogP contribution in [0.5, 0.6) is 11.5 Å². The van der Waals surface area contributed by atoms with Crippen molar-refractivity contribution in [3.63, 3.8) is 0 Å². The number of halogens is 1. The molecule has 0 amide bonds. The van der Waals surface area contributed by atoms with Crippen molar-refractivity contribution < 1.29 is 38.1 Å². The van der Waals surface area contributed by atoms with Crippen LogP contribution in [0.15, 0.2) is 40.9 Å². The molecule has 0 spiro atoms. The molecule has 0 radical (unpaired) electrons. The van der Waals surface area contributed by atoms with Gasteiger partial charge in [-0.1, -0.05) is 28.1 Å². The van der Waals surface area contributed by atoms with Gasteiger partial charge < -0.3 is 23.7 Å². The van der Waals surface area contributed by atoms with E-state index < -0.39 is 11.6 Å². The fourth-order valence-electron chi connectivity index (χ4n) is 3.52. The molecular weight excluding hydrogens is 556 g/mol. The topological polar surface area (TPSA) is 97.4 Å². The summed E-state index contributed by atoms with van der Waals surface area (Å²) >= 11 is 3.43. The van der Waals surface area contributed by atoms with Gasteiger partial charge in [0.2, 0.25) is 0 Å². The summed E-state index contributed by atoms with van der Waals surface area (Å²) < 4.78 is 28.2. The molecule has 8 nitrogen and oxygen atoms in total. The number of carbonyl (C=O) groups excluding carboxylic acids is 3. The second-order valence-electron chi connectivity index (χ2n) is 9.42. The van der Waals surface area contributed by atoms with E-state index in [-0.39, 0.29) is 31.4 Å². The molecular formula is C29H37BrO8. The molecule has 0 saturated heterocycles. The standard InChI is InChI=1S/C29H37BrO8/c1-6-34-26(31)12-9-15-36-25-11-8-10-20(24(25)13-14-27(32)35-7-2)19-37-23-17-21(16-22(30)18-23)28(33)38-29(3,4)5/h8,10-11,16-18H,6-7,9,12-15,19H2,1-5H3. The smallest absolute Gasteiger partial charge is 0.338 e. The maximum atomic E-state index is 12.6. The van der Waals surface area contributed by atoms with E-state index in [9.17, 15) is 14.4 Å². The molecule has 0 aliphatic heterocycles. The normalized spacial score (nSPS) is 11.0. The number of benzene rings is 2. The molecule has 208 valence electrons. The van der Waals surface area contributed by atoms with E-state index >= 15 is 0 Å². The third-order valence-corrected chi connectivity index (χ3v) is 5.56. The summed E-state index contributed by atoms with van der Waals surface area (Å²) in [5, 5.41) is 0. The van der Waals surface area contributed by atoms with Crippen LogP contribution in [0, 0.1) is 0 Å². The second kappa shape index (κ2) is 15.4. The molecule has 2 rings (SSSR count). The molecule has 0 unspecified atom stereocenters. The van der Waals surface area contributed by atoms with E-state index in [2.05, 4.69) is 15.9 Å². The van der Waals surface area contributed by atoms with Crippen molar-refractivity contribution in [2.24, 2.45) is 0 Å². The van der Waals surface area contributed by atoms with E-state index in [1.807, 2.05) is 39.0 Å². The number of hydrogen-bond acceptors (Lipinski definition) is 8. The third kappa shape index (κ3) is 11.1. The summed E-state index contributed by atoms with van der Waals surface area (Å²) in [7, 11) is 0. The van der Waals surface area contributed by atoms with Gasteiger partial charge in [-0.2, -0.15) is 0 Å². The van der Waals surface area contributed by atoms with E-state index in [1.54, 1.807) is 32.0 Å². The molecule has 38 heavy (non-hydrogen) atoms. The maximum Gasteiger partial charge on any atom is 0.338 e. The molecule has 0 bridgehead atoms. The van der Waals surface area contributed by atoms with Gasteiger partial charge in [0.15, 0.2) is 0 Å². The Bertz CT molecular complexity index is 1090. The highest BCUT2D eigenvalue weighted by atomic mass is 79.9. The number of ether oxygens (including phenoxy) is 5. The lowest BCUT2D eigenvalue weighted by molar-refractivity contribution is -0.144. The summed E-state index contributed by atoms with van der Waals surface area (Å²) in [6, 6.07) is 10.7. The van der Waals surface area contributed by atoms with E-state index in [4.69, 9.17) is 23.7 Å². The van der Waals surface area contributed by atoms with Crippen molar-refractivity contribution in [3.05, 3.63) is 57.6 Å². The van der Waals surface area contributed by atoms with Crippen molar-refractivity contribution in [2.45, 2.75) is 72.5 Å². The number of rotatable bonds is 14. The second-order valence-corrected chi connectivity index (χ2v) is 10.3. The third-order valence-electron chi connectivity index (χ3n) is 5.10. The highest BCUT2D eigenvalue weighted by Gasteiger charge is 2.19. The first kappa shape index (κ1) is 31.1. The minimum atomic E-state index is -0.620. The first-order valence-electron chi connectivity index (χ1n) is 12.7. The van der Waals surface area contributed by atoms with Gasteiger partial charge in [0.25, 0.3) is 0 Å². The first-order valence-corrected chi connectivity index (χ1v) is 13.5. The van der Waals surface area contributed by atoms with Gasteiger partial charge in [0.05, 0.1) is 25.4 Å². The molecule has 0 aliphatic rings. The quantitative estimate of drug-likeness (QED) is 0.145. The highest BCUT2D eigenvalue weighted by molar-refractivity contribution is 9.10. The minimum Gasteiger partial charge on any atom is -0.493 e. The van der Waals surface area contributed by atoms with Gasteiger partial charge in [-0.15, -0.1) is 0 Å². The lowest BCUT2D eigenvalue weighted by atomic mass is 10.0. The van der Waals surface area contributed by atoms with Crippen LogP contribution in [0.2, 0.25) is 0 Å². The van der Waals surface area contributed by atoms with Crippen LogP contribution in [-0.2, 0) is 36.8 Å². The zero-order chi connectivity index (χ0) is 28.1. The van der Waals surface area contributed by atoms with Crippen LogP contribution < -0.4 is 9.47 Å². The Balaban J connectivity index is 2.19. The fourth-order valence-corrected chi connectivity index (χ4v) is 3.99. The van der Waals surface area contributed by atoms with Crippen LogP contribution in [-0.4, -0.2) is 43.3 Å². The number of carbonyl (C=O) groups is 3. The molecule has 0 fully saturated rings. The Labute approximate surface area is 233 Å². The molecule has 0 saturated carbocycles. The van der Waals surface area contributed by atoms with E-state index in [0.29, 0.717) is 54.2 Å². The van der Waals surface area contributed by atoms with Gasteiger partial charge in [-0.3, -0.25) is 9.59 Å². The average molecular weight is 594 g/mol. The Morgan fingerprint density at radius 1 is 0.895 bits per heavy atom. The van der Waals surface area contributed by atoms with Crippen molar-refractivity contribution >= 4 is 33.8 Å². The van der Waals surface area contributed by atoms with Crippen LogP contribution in [0.1, 0.15) is 75.4 Å². The van der Waals surface area contributed by atoms with Crippen LogP contribution in [0.3, 0.4) is 0 Å². The van der Waals surface area contributed by atoms with E-state index in [0.717, 1.165) is 11.1 Å². The zero-order valence-corrected chi connectivity index (χ0v) is 24.4. The average Bonchev–Trinajstić information content (AvgIpc) is 2.83. The first-order chi connectivity index (χ1) is 18.0. The summed E-state index contributed by atoms with van der Waals surface area (Å²) in [6.07, 6.45) is 1.34. The predicted molar refractivity (Wildman–Crippen MR) is 146 cm³/mol. The van der Waals surface area contributed by atoms with Crippen molar-refractivity contribution in [1.29, 1.82) is 0 Å². The molecule has 2 aromatic rings. The van der Waals surface area contributed by atoms with Crippen LogP contribution >= 0.6 is 15.9 Å². The minimum absolute atomic E-state index is 0.183. The molecule has 2 aromatic carbocycles. The van der Waals surface area contributed by atoms with Gasteiger partial charge in [0.1, 0.15) is 23.7 Å². The Hall–Kier alpha value is -3.07. The summed E-state index contributed by atoms with van der Waals surface area (Å²) in [5.41, 5.74) is 1.39. The largest absolute Gasteiger partial charge is 0.493 e. The monoisotopic (exact) mass is 592 g/mol. The van der Waals surface area contributed by atoms with E-state index in [1.165, 1.54) is 0 Å². The lowest BCUT2D eigenvalue weighted by Crippen LogP contribution is -2.23. The van der Waals surface area contributed by atoms with Crippen molar-refractivity contribution in [2.75, 3.05) is 19.8 Å². The summed E-state index contributed by atoms with van der Waals surface area (Å²) in [6.45, 7) is 10.1. The molecule has 0 atom stereocenters. The molecule has 0 aromatic heterocycles. The summed E-state index contributed by atoms with van der Waals surface area (Å²) in [5.74, 6) is 0.0864.